The van der Waals surface area contributed by atoms with Crippen LogP contribution in [-0.4, -0.2) is 36.7 Å². The number of amides is 1. The van der Waals surface area contributed by atoms with E-state index < -0.39 is 11.2 Å². The van der Waals surface area contributed by atoms with Gasteiger partial charge in [-0.3, -0.25) is 4.79 Å². The van der Waals surface area contributed by atoms with Crippen LogP contribution >= 0.6 is 0 Å². The molecule has 3 rings (SSSR count). The fourth-order valence-corrected chi connectivity index (χ4v) is 3.24. The van der Waals surface area contributed by atoms with Crippen molar-refractivity contribution in [1.82, 2.24) is 4.90 Å². The van der Waals surface area contributed by atoms with Crippen LogP contribution in [0.1, 0.15) is 37.8 Å². The third kappa shape index (κ3) is 2.96. The second-order valence-corrected chi connectivity index (χ2v) is 6.81. The Balaban J connectivity index is 1.92. The number of rotatable bonds is 1. The number of ether oxygens (including phenoxy) is 2. The molecule has 0 spiro atoms. The maximum atomic E-state index is 14.4. The fourth-order valence-electron chi connectivity index (χ4n) is 3.24. The highest BCUT2D eigenvalue weighted by Gasteiger charge is 2.41. The summed E-state index contributed by atoms with van der Waals surface area (Å²) in [5.74, 6) is -0.141. The van der Waals surface area contributed by atoms with Crippen LogP contribution in [0.3, 0.4) is 0 Å². The van der Waals surface area contributed by atoms with Gasteiger partial charge in [-0.05, 0) is 31.9 Å². The molecule has 2 heterocycles. The Morgan fingerprint density at radius 3 is 2.79 bits per heavy atom. The van der Waals surface area contributed by atoms with Crippen molar-refractivity contribution in [3.05, 3.63) is 29.1 Å². The monoisotopic (exact) mass is 332 g/mol. The molecule has 1 aromatic carbocycles. The van der Waals surface area contributed by atoms with Crippen molar-refractivity contribution in [2.75, 3.05) is 19.8 Å². The average Bonchev–Trinajstić information content (AvgIpc) is 2.74. The lowest BCUT2D eigenvalue weighted by molar-refractivity contribution is -0.149. The molecule has 0 aliphatic carbocycles. The normalized spacial score (nSPS) is 22.8. The summed E-state index contributed by atoms with van der Waals surface area (Å²) in [6, 6.07) is 4.48. The predicted octanol–water partition coefficient (Wildman–Crippen LogP) is 2.62. The fraction of sp³-hybridized carbons (Fsp3) is 0.556. The minimum absolute atomic E-state index is 0.0125. The number of hydrogen-bond acceptors (Lipinski definition) is 4. The molecular formula is C18H21FN2O3. The van der Waals surface area contributed by atoms with E-state index in [1.807, 2.05) is 19.9 Å². The molecule has 1 saturated heterocycles. The summed E-state index contributed by atoms with van der Waals surface area (Å²) in [5.41, 5.74) is 0.0671. The minimum Gasteiger partial charge on any atom is -0.491 e. The van der Waals surface area contributed by atoms with Gasteiger partial charge in [-0.2, -0.15) is 5.26 Å². The summed E-state index contributed by atoms with van der Waals surface area (Å²) in [4.78, 5) is 14.8. The van der Waals surface area contributed by atoms with Gasteiger partial charge in [-0.15, -0.1) is 0 Å². The third-order valence-electron chi connectivity index (χ3n) is 5.00. The van der Waals surface area contributed by atoms with E-state index in [1.54, 1.807) is 4.90 Å². The summed E-state index contributed by atoms with van der Waals surface area (Å²) >= 11 is 0. The van der Waals surface area contributed by atoms with Crippen LogP contribution in [0, 0.1) is 22.6 Å². The van der Waals surface area contributed by atoms with E-state index in [9.17, 15) is 9.18 Å². The second kappa shape index (κ2) is 6.40. The number of carbonyl (C=O) groups excluding carboxylic acids is 1. The standard InChI is InChI=1S/C18H21FN2O3/c1-12-11-24-16-8-13(9-20)7-15(19)14(16)10-21(12)17(22)18(2)3-5-23-6-4-18/h7-8,12H,3-6,10-11H2,1-2H3/t12-/m0/s1. The lowest BCUT2D eigenvalue weighted by Gasteiger charge is -2.38. The highest BCUT2D eigenvalue weighted by Crippen LogP contribution is 2.36. The Hall–Kier alpha value is -2.13. The first-order valence-electron chi connectivity index (χ1n) is 8.19. The largest absolute Gasteiger partial charge is 0.491 e. The Bertz CT molecular complexity index is 692. The van der Waals surface area contributed by atoms with Crippen molar-refractivity contribution in [3.63, 3.8) is 0 Å². The van der Waals surface area contributed by atoms with Crippen LogP contribution in [-0.2, 0) is 16.1 Å². The quantitative estimate of drug-likeness (QED) is 0.793. The van der Waals surface area contributed by atoms with E-state index in [2.05, 4.69) is 0 Å². The molecule has 2 aliphatic rings. The first-order chi connectivity index (χ1) is 11.4. The van der Waals surface area contributed by atoms with Crippen LogP contribution in [0.15, 0.2) is 12.1 Å². The van der Waals surface area contributed by atoms with Gasteiger partial charge < -0.3 is 14.4 Å². The maximum Gasteiger partial charge on any atom is 0.229 e. The van der Waals surface area contributed by atoms with Crippen LogP contribution in [0.5, 0.6) is 5.75 Å². The topological polar surface area (TPSA) is 62.6 Å². The SMILES string of the molecule is C[C@H]1COc2cc(C#N)cc(F)c2CN1C(=O)C1(C)CCOCC1. The molecule has 0 saturated carbocycles. The van der Waals surface area contributed by atoms with Gasteiger partial charge in [0.2, 0.25) is 5.91 Å². The summed E-state index contributed by atoms with van der Waals surface area (Å²) in [6.07, 6.45) is 1.33. The second-order valence-electron chi connectivity index (χ2n) is 6.81. The highest BCUT2D eigenvalue weighted by atomic mass is 19.1. The van der Waals surface area contributed by atoms with Gasteiger partial charge in [-0.1, -0.05) is 6.92 Å². The van der Waals surface area contributed by atoms with E-state index in [0.29, 0.717) is 37.4 Å². The van der Waals surface area contributed by atoms with Crippen molar-refractivity contribution >= 4 is 5.91 Å². The molecular weight excluding hydrogens is 311 g/mol. The Kier molecular flexibility index (Phi) is 4.46. The number of nitriles is 1. The van der Waals surface area contributed by atoms with Gasteiger partial charge in [0.1, 0.15) is 18.2 Å². The van der Waals surface area contributed by atoms with Gasteiger partial charge in [0.15, 0.2) is 0 Å². The van der Waals surface area contributed by atoms with Crippen molar-refractivity contribution < 1.29 is 18.7 Å². The molecule has 0 radical (unpaired) electrons. The molecule has 0 unspecified atom stereocenters. The molecule has 0 N–H and O–H groups in total. The molecule has 6 heteroatoms. The average molecular weight is 332 g/mol. The van der Waals surface area contributed by atoms with Gasteiger partial charge in [-0.25, -0.2) is 4.39 Å². The zero-order valence-electron chi connectivity index (χ0n) is 14.0. The molecule has 1 amide bonds. The number of hydrogen-bond donors (Lipinski definition) is 0. The molecule has 1 fully saturated rings. The molecule has 0 aromatic heterocycles. The Morgan fingerprint density at radius 1 is 1.42 bits per heavy atom. The minimum atomic E-state index is -0.506. The van der Waals surface area contributed by atoms with Crippen molar-refractivity contribution in [3.8, 4) is 11.8 Å². The van der Waals surface area contributed by atoms with E-state index in [4.69, 9.17) is 14.7 Å². The van der Waals surface area contributed by atoms with Gasteiger partial charge in [0.25, 0.3) is 0 Å². The Labute approximate surface area is 141 Å². The van der Waals surface area contributed by atoms with Gasteiger partial charge in [0.05, 0.1) is 29.6 Å². The summed E-state index contributed by atoms with van der Waals surface area (Å²) in [7, 11) is 0. The first kappa shape index (κ1) is 16.7. The number of halogens is 1. The van der Waals surface area contributed by atoms with Gasteiger partial charge in [0, 0.05) is 18.8 Å². The van der Waals surface area contributed by atoms with Crippen molar-refractivity contribution in [2.24, 2.45) is 5.41 Å². The number of nitrogens with zero attached hydrogens (tertiary/aromatic N) is 2. The zero-order valence-corrected chi connectivity index (χ0v) is 14.0. The highest BCUT2D eigenvalue weighted by molar-refractivity contribution is 5.83. The zero-order chi connectivity index (χ0) is 17.3. The molecule has 1 atom stereocenters. The molecule has 24 heavy (non-hydrogen) atoms. The summed E-state index contributed by atoms with van der Waals surface area (Å²) in [5, 5.41) is 8.98. The van der Waals surface area contributed by atoms with Crippen molar-refractivity contribution in [1.29, 1.82) is 5.26 Å². The van der Waals surface area contributed by atoms with Crippen LogP contribution in [0.4, 0.5) is 4.39 Å². The number of fused-ring (bicyclic) bond motifs is 1. The van der Waals surface area contributed by atoms with Gasteiger partial charge >= 0.3 is 0 Å². The molecule has 5 nitrogen and oxygen atoms in total. The van der Waals surface area contributed by atoms with Crippen LogP contribution in [0.25, 0.3) is 0 Å². The van der Waals surface area contributed by atoms with E-state index in [-0.39, 0.29) is 30.7 Å². The van der Waals surface area contributed by atoms with E-state index in [0.717, 1.165) is 0 Å². The molecule has 0 bridgehead atoms. The number of benzene rings is 1. The predicted molar refractivity (Wildman–Crippen MR) is 84.8 cm³/mol. The van der Waals surface area contributed by atoms with Crippen molar-refractivity contribution in [2.45, 2.75) is 39.3 Å². The maximum absolute atomic E-state index is 14.4. The van der Waals surface area contributed by atoms with Crippen LogP contribution in [0.2, 0.25) is 0 Å². The lowest BCUT2D eigenvalue weighted by atomic mass is 9.80. The smallest absolute Gasteiger partial charge is 0.229 e. The van der Waals surface area contributed by atoms with Crippen LogP contribution < -0.4 is 4.74 Å². The summed E-state index contributed by atoms with van der Waals surface area (Å²) in [6.45, 7) is 5.42. The number of carbonyl (C=O) groups is 1. The first-order valence-corrected chi connectivity index (χ1v) is 8.19. The third-order valence-corrected chi connectivity index (χ3v) is 5.00. The molecule has 128 valence electrons. The molecule has 2 aliphatic heterocycles. The van der Waals surface area contributed by atoms with E-state index in [1.165, 1.54) is 12.1 Å². The van der Waals surface area contributed by atoms with E-state index >= 15 is 0 Å². The Morgan fingerprint density at radius 2 is 2.12 bits per heavy atom. The molecule has 1 aromatic rings. The lowest BCUT2D eigenvalue weighted by Crippen LogP contribution is -2.49. The summed E-state index contributed by atoms with van der Waals surface area (Å²) < 4.78 is 25.5.